The zero-order chi connectivity index (χ0) is 19.5. The summed E-state index contributed by atoms with van der Waals surface area (Å²) in [5, 5.41) is 7.73. The Hall–Kier alpha value is -3.00. The van der Waals surface area contributed by atoms with E-state index in [9.17, 15) is 4.79 Å². The monoisotopic (exact) mass is 397 g/mol. The highest BCUT2D eigenvalue weighted by atomic mass is 35.5. The highest BCUT2D eigenvalue weighted by molar-refractivity contribution is 6.31. The van der Waals surface area contributed by atoms with Gasteiger partial charge in [0.25, 0.3) is 0 Å². The van der Waals surface area contributed by atoms with Crippen LogP contribution in [0.5, 0.6) is 0 Å². The molecule has 1 fully saturated rings. The molecule has 1 aliphatic rings. The number of benzene rings is 1. The van der Waals surface area contributed by atoms with Crippen LogP contribution in [-0.4, -0.2) is 43.7 Å². The molecular weight excluding hydrogens is 378 g/mol. The van der Waals surface area contributed by atoms with E-state index in [0.717, 1.165) is 36.5 Å². The van der Waals surface area contributed by atoms with Crippen molar-refractivity contribution in [3.05, 3.63) is 53.8 Å². The van der Waals surface area contributed by atoms with Gasteiger partial charge in [0, 0.05) is 29.9 Å². The minimum atomic E-state index is -0.128. The maximum atomic E-state index is 12.8. The Kier molecular flexibility index (Phi) is 5.21. The molecule has 1 amide bonds. The van der Waals surface area contributed by atoms with Gasteiger partial charge < -0.3 is 10.2 Å². The summed E-state index contributed by atoms with van der Waals surface area (Å²) in [6.07, 6.45) is 6.30. The molecule has 3 heterocycles. The standard InChI is InChI=1S/C19H20ClN7O/c1-13-4-5-15(20)7-16(13)25-19(28)14-3-2-6-26(9-14)17-8-18(23-11-22-17)27-12-21-10-24-27/h4-5,7-8,10-12,14H,2-3,6,9H2,1H3,(H,25,28). The van der Waals surface area contributed by atoms with Crippen molar-refractivity contribution in [3.8, 4) is 5.82 Å². The Bertz CT molecular complexity index is 976. The lowest BCUT2D eigenvalue weighted by Crippen LogP contribution is -2.41. The van der Waals surface area contributed by atoms with E-state index in [4.69, 9.17) is 11.6 Å². The summed E-state index contributed by atoms with van der Waals surface area (Å²) in [4.78, 5) is 27.5. The molecular formula is C19H20ClN7O. The van der Waals surface area contributed by atoms with Gasteiger partial charge in [-0.15, -0.1) is 0 Å². The van der Waals surface area contributed by atoms with Gasteiger partial charge in [0.15, 0.2) is 5.82 Å². The lowest BCUT2D eigenvalue weighted by atomic mass is 9.97. The largest absolute Gasteiger partial charge is 0.356 e. The molecule has 8 nitrogen and oxygen atoms in total. The molecule has 0 saturated carbocycles. The third-order valence-electron chi connectivity index (χ3n) is 4.87. The van der Waals surface area contributed by atoms with Crippen molar-refractivity contribution in [2.45, 2.75) is 19.8 Å². The predicted octanol–water partition coefficient (Wildman–Crippen LogP) is 2.87. The number of anilines is 2. The second-order valence-electron chi connectivity index (χ2n) is 6.81. The van der Waals surface area contributed by atoms with Crippen molar-refractivity contribution >= 4 is 29.0 Å². The molecule has 0 bridgehead atoms. The maximum absolute atomic E-state index is 12.8. The van der Waals surface area contributed by atoms with Crippen LogP contribution < -0.4 is 10.2 Å². The molecule has 1 aliphatic heterocycles. The first kappa shape index (κ1) is 18.4. The summed E-state index contributed by atoms with van der Waals surface area (Å²) in [5.41, 5.74) is 1.74. The minimum absolute atomic E-state index is 0.000576. The van der Waals surface area contributed by atoms with Crippen molar-refractivity contribution < 1.29 is 4.79 Å². The molecule has 9 heteroatoms. The van der Waals surface area contributed by atoms with Crippen molar-refractivity contribution in [3.63, 3.8) is 0 Å². The number of hydrogen-bond acceptors (Lipinski definition) is 6. The quantitative estimate of drug-likeness (QED) is 0.728. The summed E-state index contributed by atoms with van der Waals surface area (Å²) < 4.78 is 1.58. The van der Waals surface area contributed by atoms with Gasteiger partial charge in [-0.2, -0.15) is 5.10 Å². The van der Waals surface area contributed by atoms with Crippen LogP contribution in [0.3, 0.4) is 0 Å². The van der Waals surface area contributed by atoms with E-state index >= 15 is 0 Å². The molecule has 0 spiro atoms. The molecule has 0 radical (unpaired) electrons. The van der Waals surface area contributed by atoms with Crippen LogP contribution in [-0.2, 0) is 4.79 Å². The van der Waals surface area contributed by atoms with Crippen molar-refractivity contribution in [1.29, 1.82) is 0 Å². The number of aryl methyl sites for hydroxylation is 1. The summed E-state index contributed by atoms with van der Waals surface area (Å²) in [6.45, 7) is 3.39. The third kappa shape index (κ3) is 3.96. The fourth-order valence-electron chi connectivity index (χ4n) is 3.32. The van der Waals surface area contributed by atoms with Crippen LogP contribution in [0.1, 0.15) is 18.4 Å². The molecule has 4 rings (SSSR count). The summed E-state index contributed by atoms with van der Waals surface area (Å²) >= 11 is 6.06. The summed E-state index contributed by atoms with van der Waals surface area (Å²) in [7, 11) is 0. The molecule has 144 valence electrons. The second kappa shape index (κ2) is 7.93. The van der Waals surface area contributed by atoms with Gasteiger partial charge in [-0.05, 0) is 37.5 Å². The number of carbonyl (C=O) groups is 1. The number of halogens is 1. The second-order valence-corrected chi connectivity index (χ2v) is 7.24. The number of aromatic nitrogens is 5. The Labute approximate surface area is 167 Å². The van der Waals surface area contributed by atoms with Gasteiger partial charge in [-0.3, -0.25) is 4.79 Å². The van der Waals surface area contributed by atoms with E-state index in [1.165, 1.54) is 12.7 Å². The van der Waals surface area contributed by atoms with Gasteiger partial charge in [0.05, 0.1) is 5.92 Å². The molecule has 1 saturated heterocycles. The summed E-state index contributed by atoms with van der Waals surface area (Å²) in [5.74, 6) is 1.29. The lowest BCUT2D eigenvalue weighted by Gasteiger charge is -2.33. The van der Waals surface area contributed by atoms with Gasteiger partial charge in [0.1, 0.15) is 24.8 Å². The van der Waals surface area contributed by atoms with E-state index in [1.54, 1.807) is 17.1 Å². The van der Waals surface area contributed by atoms with Crippen LogP contribution in [0, 0.1) is 12.8 Å². The molecule has 0 aliphatic carbocycles. The average Bonchev–Trinajstić information content (AvgIpc) is 3.26. The van der Waals surface area contributed by atoms with Crippen LogP contribution in [0.25, 0.3) is 5.82 Å². The van der Waals surface area contributed by atoms with E-state index in [-0.39, 0.29) is 11.8 Å². The van der Waals surface area contributed by atoms with Gasteiger partial charge in [-0.1, -0.05) is 17.7 Å². The number of nitrogens with zero attached hydrogens (tertiary/aromatic N) is 6. The SMILES string of the molecule is Cc1ccc(Cl)cc1NC(=O)C1CCCN(c2cc(-n3cncn3)ncn2)C1. The first-order chi connectivity index (χ1) is 13.6. The number of carbonyl (C=O) groups excluding carboxylic acids is 1. The maximum Gasteiger partial charge on any atom is 0.229 e. The van der Waals surface area contributed by atoms with Gasteiger partial charge in [-0.25, -0.2) is 19.6 Å². The normalized spacial score (nSPS) is 16.8. The van der Waals surface area contributed by atoms with Gasteiger partial charge >= 0.3 is 0 Å². The van der Waals surface area contributed by atoms with Crippen molar-refractivity contribution in [2.75, 3.05) is 23.3 Å². The summed E-state index contributed by atoms with van der Waals surface area (Å²) in [6, 6.07) is 7.36. The number of rotatable bonds is 4. The Morgan fingerprint density at radius 2 is 2.07 bits per heavy atom. The average molecular weight is 398 g/mol. The Morgan fingerprint density at radius 1 is 1.21 bits per heavy atom. The van der Waals surface area contributed by atoms with E-state index in [1.807, 2.05) is 25.1 Å². The number of hydrogen-bond donors (Lipinski definition) is 1. The fourth-order valence-corrected chi connectivity index (χ4v) is 3.50. The third-order valence-corrected chi connectivity index (χ3v) is 5.10. The van der Waals surface area contributed by atoms with E-state index < -0.39 is 0 Å². The number of piperidine rings is 1. The van der Waals surface area contributed by atoms with Crippen LogP contribution in [0.2, 0.25) is 5.02 Å². The molecule has 1 unspecified atom stereocenters. The molecule has 1 aromatic carbocycles. The highest BCUT2D eigenvalue weighted by Gasteiger charge is 2.27. The topological polar surface area (TPSA) is 88.8 Å². The van der Waals surface area contributed by atoms with Crippen LogP contribution in [0.15, 0.2) is 43.2 Å². The molecule has 3 aromatic rings. The first-order valence-electron chi connectivity index (χ1n) is 9.09. The highest BCUT2D eigenvalue weighted by Crippen LogP contribution is 2.25. The molecule has 1 atom stereocenters. The van der Waals surface area contributed by atoms with Gasteiger partial charge in [0.2, 0.25) is 5.91 Å². The number of nitrogens with one attached hydrogen (secondary N) is 1. The molecule has 28 heavy (non-hydrogen) atoms. The fraction of sp³-hybridized carbons (Fsp3) is 0.316. The molecule has 1 N–H and O–H groups in total. The first-order valence-corrected chi connectivity index (χ1v) is 9.47. The van der Waals surface area contributed by atoms with Crippen molar-refractivity contribution in [1.82, 2.24) is 24.7 Å². The molecule has 2 aromatic heterocycles. The smallest absolute Gasteiger partial charge is 0.229 e. The van der Waals surface area contributed by atoms with E-state index in [2.05, 4.69) is 30.3 Å². The number of amides is 1. The predicted molar refractivity (Wildman–Crippen MR) is 107 cm³/mol. The van der Waals surface area contributed by atoms with Crippen molar-refractivity contribution in [2.24, 2.45) is 5.92 Å². The van der Waals surface area contributed by atoms with Crippen LogP contribution >= 0.6 is 11.6 Å². The van der Waals surface area contributed by atoms with Crippen LogP contribution in [0.4, 0.5) is 11.5 Å². The zero-order valence-electron chi connectivity index (χ0n) is 15.4. The minimum Gasteiger partial charge on any atom is -0.356 e. The lowest BCUT2D eigenvalue weighted by molar-refractivity contribution is -0.120. The zero-order valence-corrected chi connectivity index (χ0v) is 16.2. The Balaban J connectivity index is 1.48. The van der Waals surface area contributed by atoms with E-state index in [0.29, 0.717) is 17.4 Å². The Morgan fingerprint density at radius 3 is 2.89 bits per heavy atom.